The first-order valence-electron chi connectivity index (χ1n) is 8.94. The summed E-state index contributed by atoms with van der Waals surface area (Å²) in [5, 5.41) is 11.2. The predicted octanol–water partition coefficient (Wildman–Crippen LogP) is 4.09. The minimum absolute atomic E-state index is 0.331. The lowest BCUT2D eigenvalue weighted by Gasteiger charge is -2.14. The highest BCUT2D eigenvalue weighted by Crippen LogP contribution is 2.29. The van der Waals surface area contributed by atoms with E-state index in [2.05, 4.69) is 22.4 Å². The van der Waals surface area contributed by atoms with E-state index in [1.807, 2.05) is 0 Å². The summed E-state index contributed by atoms with van der Waals surface area (Å²) in [6, 6.07) is 13.0. The number of nitrogens with one attached hydrogen (secondary N) is 1. The summed E-state index contributed by atoms with van der Waals surface area (Å²) in [5.41, 5.74) is 1.57. The Hall–Kier alpha value is -3.04. The molecule has 29 heavy (non-hydrogen) atoms. The van der Waals surface area contributed by atoms with E-state index in [0.717, 1.165) is 21.4 Å². The molecule has 1 aromatic heterocycles. The lowest BCUT2D eigenvalue weighted by atomic mass is 10.1. The van der Waals surface area contributed by atoms with Gasteiger partial charge in [-0.1, -0.05) is 42.2 Å². The van der Waals surface area contributed by atoms with Crippen molar-refractivity contribution in [3.05, 3.63) is 65.2 Å². The van der Waals surface area contributed by atoms with Crippen LogP contribution in [0.4, 0.5) is 10.8 Å². The zero-order chi connectivity index (χ0) is 20.4. The average Bonchev–Trinajstić information content (AvgIpc) is 3.29. The number of carbonyl (C=O) groups is 3. The van der Waals surface area contributed by atoms with Gasteiger partial charge in [0.15, 0.2) is 4.34 Å². The molecule has 1 aliphatic heterocycles. The van der Waals surface area contributed by atoms with Crippen molar-refractivity contribution in [1.82, 2.24) is 10.2 Å². The first-order chi connectivity index (χ1) is 14.1. The number of hydrogen-bond acceptors (Lipinski definition) is 7. The zero-order valence-corrected chi connectivity index (χ0v) is 17.0. The van der Waals surface area contributed by atoms with Crippen LogP contribution in [0.3, 0.4) is 0 Å². The summed E-state index contributed by atoms with van der Waals surface area (Å²) in [6.07, 6.45) is 1.03. The van der Waals surface area contributed by atoms with Crippen LogP contribution in [-0.2, 0) is 0 Å². The Balaban J connectivity index is 1.47. The van der Waals surface area contributed by atoms with Crippen molar-refractivity contribution >= 4 is 51.6 Å². The van der Waals surface area contributed by atoms with E-state index in [0.29, 0.717) is 27.5 Å². The molecular formula is C20H16N4O3S2. The third-order valence-corrected chi connectivity index (χ3v) is 6.42. The van der Waals surface area contributed by atoms with Crippen molar-refractivity contribution in [3.8, 4) is 0 Å². The molecular weight excluding hydrogens is 408 g/mol. The van der Waals surface area contributed by atoms with Gasteiger partial charge in [0.05, 0.1) is 16.8 Å². The van der Waals surface area contributed by atoms with Crippen LogP contribution in [0.1, 0.15) is 44.4 Å². The smallest absolute Gasteiger partial charge is 0.266 e. The SMILES string of the molecule is CCCSc1nnc(NC(=O)c2ccc(N3C(=O)c4ccccc4C3=O)cc2)s1. The van der Waals surface area contributed by atoms with Gasteiger partial charge in [-0.3, -0.25) is 19.7 Å². The second-order valence-corrected chi connectivity index (χ2v) is 8.53. The number of amides is 3. The van der Waals surface area contributed by atoms with Crippen LogP contribution >= 0.6 is 23.1 Å². The molecule has 1 aliphatic rings. The Morgan fingerprint density at radius 3 is 2.31 bits per heavy atom. The molecule has 4 rings (SSSR count). The topological polar surface area (TPSA) is 92.3 Å². The second-order valence-electron chi connectivity index (χ2n) is 6.21. The van der Waals surface area contributed by atoms with Gasteiger partial charge in [0, 0.05) is 11.3 Å². The molecule has 3 amide bonds. The fraction of sp³-hybridized carbons (Fsp3) is 0.150. The van der Waals surface area contributed by atoms with Gasteiger partial charge in [-0.2, -0.15) is 0 Å². The lowest BCUT2D eigenvalue weighted by Crippen LogP contribution is -2.29. The summed E-state index contributed by atoms with van der Waals surface area (Å²) in [6.45, 7) is 2.09. The number of imide groups is 1. The molecule has 9 heteroatoms. The van der Waals surface area contributed by atoms with Gasteiger partial charge < -0.3 is 0 Å². The Bertz CT molecular complexity index is 1060. The van der Waals surface area contributed by atoms with Crippen molar-refractivity contribution in [2.45, 2.75) is 17.7 Å². The molecule has 0 bridgehead atoms. The Labute approximate surface area is 175 Å². The van der Waals surface area contributed by atoms with Crippen LogP contribution in [0.2, 0.25) is 0 Å². The molecule has 0 atom stereocenters. The van der Waals surface area contributed by atoms with Gasteiger partial charge >= 0.3 is 0 Å². The molecule has 0 saturated carbocycles. The van der Waals surface area contributed by atoms with E-state index in [1.54, 1.807) is 60.3 Å². The number of aromatic nitrogens is 2. The maximum absolute atomic E-state index is 12.6. The normalized spacial score (nSPS) is 12.9. The molecule has 7 nitrogen and oxygen atoms in total. The van der Waals surface area contributed by atoms with Crippen LogP contribution in [0.15, 0.2) is 52.9 Å². The Morgan fingerprint density at radius 1 is 1.03 bits per heavy atom. The van der Waals surface area contributed by atoms with E-state index in [-0.39, 0.29) is 17.7 Å². The van der Waals surface area contributed by atoms with Crippen LogP contribution in [0, 0.1) is 0 Å². The maximum atomic E-state index is 12.6. The van der Waals surface area contributed by atoms with Crippen molar-refractivity contribution in [1.29, 1.82) is 0 Å². The molecule has 2 heterocycles. The molecule has 0 radical (unpaired) electrons. The van der Waals surface area contributed by atoms with Gasteiger partial charge in [-0.25, -0.2) is 4.90 Å². The molecule has 0 unspecified atom stereocenters. The summed E-state index contributed by atoms with van der Waals surface area (Å²) in [7, 11) is 0. The number of thioether (sulfide) groups is 1. The molecule has 146 valence electrons. The Kier molecular flexibility index (Phi) is 5.41. The van der Waals surface area contributed by atoms with Gasteiger partial charge in [0.2, 0.25) is 5.13 Å². The van der Waals surface area contributed by atoms with E-state index >= 15 is 0 Å². The number of nitrogens with zero attached hydrogens (tertiary/aromatic N) is 3. The minimum atomic E-state index is -0.367. The summed E-state index contributed by atoms with van der Waals surface area (Å²) < 4.78 is 0.808. The highest BCUT2D eigenvalue weighted by atomic mass is 32.2. The molecule has 2 aromatic carbocycles. The van der Waals surface area contributed by atoms with Crippen molar-refractivity contribution in [2.75, 3.05) is 16.0 Å². The number of hydrogen-bond donors (Lipinski definition) is 1. The first kappa shape index (κ1) is 19.3. The summed E-state index contributed by atoms with van der Waals surface area (Å²) in [5.74, 6) is -0.119. The third-order valence-electron chi connectivity index (χ3n) is 4.24. The quantitative estimate of drug-likeness (QED) is 0.364. The van der Waals surface area contributed by atoms with Crippen LogP contribution in [0.25, 0.3) is 0 Å². The molecule has 0 fully saturated rings. The van der Waals surface area contributed by atoms with E-state index in [9.17, 15) is 14.4 Å². The van der Waals surface area contributed by atoms with Crippen molar-refractivity contribution in [3.63, 3.8) is 0 Å². The number of carbonyl (C=O) groups excluding carboxylic acids is 3. The number of benzene rings is 2. The number of fused-ring (bicyclic) bond motifs is 1. The van der Waals surface area contributed by atoms with Gasteiger partial charge in [-0.05, 0) is 42.8 Å². The molecule has 0 aliphatic carbocycles. The predicted molar refractivity (Wildman–Crippen MR) is 113 cm³/mol. The first-order valence-corrected chi connectivity index (χ1v) is 10.7. The lowest BCUT2D eigenvalue weighted by molar-refractivity contribution is 0.0925. The number of rotatable bonds is 6. The van der Waals surface area contributed by atoms with Crippen molar-refractivity contribution in [2.24, 2.45) is 0 Å². The fourth-order valence-electron chi connectivity index (χ4n) is 2.86. The monoisotopic (exact) mass is 424 g/mol. The van der Waals surface area contributed by atoms with Gasteiger partial charge in [-0.15, -0.1) is 10.2 Å². The van der Waals surface area contributed by atoms with Gasteiger partial charge in [0.1, 0.15) is 0 Å². The summed E-state index contributed by atoms with van der Waals surface area (Å²) in [4.78, 5) is 38.7. The minimum Gasteiger partial charge on any atom is -0.296 e. The van der Waals surface area contributed by atoms with E-state index in [4.69, 9.17) is 0 Å². The largest absolute Gasteiger partial charge is 0.296 e. The molecule has 1 N–H and O–H groups in total. The Morgan fingerprint density at radius 2 is 1.69 bits per heavy atom. The molecule has 0 spiro atoms. The number of anilines is 2. The van der Waals surface area contributed by atoms with Crippen LogP contribution in [0.5, 0.6) is 0 Å². The fourth-order valence-corrected chi connectivity index (χ4v) is 4.54. The van der Waals surface area contributed by atoms with Gasteiger partial charge in [0.25, 0.3) is 17.7 Å². The molecule has 3 aromatic rings. The highest BCUT2D eigenvalue weighted by Gasteiger charge is 2.36. The van der Waals surface area contributed by atoms with E-state index in [1.165, 1.54) is 11.3 Å². The molecule has 0 saturated heterocycles. The highest BCUT2D eigenvalue weighted by molar-refractivity contribution is 8.01. The van der Waals surface area contributed by atoms with Crippen LogP contribution in [-0.4, -0.2) is 33.7 Å². The standard InChI is InChI=1S/C20H16N4O3S2/c1-2-11-28-20-23-22-19(29-20)21-16(25)12-7-9-13(10-8-12)24-17(26)14-5-3-4-6-15(14)18(24)27/h3-10H,2,11H2,1H3,(H,21,22,25). The summed E-state index contributed by atoms with van der Waals surface area (Å²) >= 11 is 2.92. The maximum Gasteiger partial charge on any atom is 0.266 e. The average molecular weight is 425 g/mol. The zero-order valence-electron chi connectivity index (χ0n) is 15.4. The van der Waals surface area contributed by atoms with Crippen LogP contribution < -0.4 is 10.2 Å². The van der Waals surface area contributed by atoms with E-state index < -0.39 is 0 Å². The second kappa shape index (κ2) is 8.14. The third kappa shape index (κ3) is 3.79. The van der Waals surface area contributed by atoms with Crippen molar-refractivity contribution < 1.29 is 14.4 Å².